The van der Waals surface area contributed by atoms with Gasteiger partial charge in [0.05, 0.1) is 16.9 Å². The van der Waals surface area contributed by atoms with Crippen LogP contribution in [-0.4, -0.2) is 50.5 Å². The molecule has 0 bridgehead atoms. The zero-order valence-corrected chi connectivity index (χ0v) is 12.9. The largest absolute Gasteiger partial charge is 0.386 e. The summed E-state index contributed by atoms with van der Waals surface area (Å²) in [5.41, 5.74) is 2.09. The third-order valence-corrected chi connectivity index (χ3v) is 4.62. The lowest BCUT2D eigenvalue weighted by Crippen LogP contribution is -2.57. The molecule has 0 spiro atoms. The summed E-state index contributed by atoms with van der Waals surface area (Å²) in [6, 6.07) is 8.34. The van der Waals surface area contributed by atoms with E-state index in [0.717, 1.165) is 31.6 Å². The molecule has 2 rings (SSSR count). The van der Waals surface area contributed by atoms with Crippen LogP contribution in [0.15, 0.2) is 24.3 Å². The van der Waals surface area contributed by atoms with E-state index < -0.39 is 0 Å². The van der Waals surface area contributed by atoms with Gasteiger partial charge in [0.1, 0.15) is 5.78 Å². The van der Waals surface area contributed by atoms with Crippen LogP contribution in [0.3, 0.4) is 0 Å². The van der Waals surface area contributed by atoms with Gasteiger partial charge >= 0.3 is 0 Å². The first-order chi connectivity index (χ1) is 9.51. The van der Waals surface area contributed by atoms with E-state index in [2.05, 4.69) is 33.3 Å². The van der Waals surface area contributed by atoms with E-state index in [1.54, 1.807) is 6.92 Å². The standard InChI is InChI=1S/C16H25N3O/c1-13(20)16(18(3)4)9-11-19(12-10-16)15-8-6-5-7-14(15)17-2/h5-8,17H,9-12H2,1-4H3. The van der Waals surface area contributed by atoms with Crippen LogP contribution >= 0.6 is 0 Å². The first kappa shape index (κ1) is 14.9. The molecule has 1 aliphatic heterocycles. The molecule has 0 saturated carbocycles. The molecular weight excluding hydrogens is 250 g/mol. The molecule has 0 atom stereocenters. The van der Waals surface area contributed by atoms with Crippen molar-refractivity contribution in [3.63, 3.8) is 0 Å². The molecule has 1 heterocycles. The fourth-order valence-electron chi connectivity index (χ4n) is 3.19. The monoisotopic (exact) mass is 275 g/mol. The topological polar surface area (TPSA) is 35.6 Å². The minimum atomic E-state index is -0.287. The fraction of sp³-hybridized carbons (Fsp3) is 0.562. The van der Waals surface area contributed by atoms with Crippen molar-refractivity contribution in [2.24, 2.45) is 0 Å². The van der Waals surface area contributed by atoms with Gasteiger partial charge in [0.2, 0.25) is 0 Å². The number of nitrogens with one attached hydrogen (secondary N) is 1. The Balaban J connectivity index is 2.17. The Morgan fingerprint density at radius 3 is 2.35 bits per heavy atom. The number of likely N-dealkylation sites (N-methyl/N-ethyl adjacent to an activating group) is 1. The van der Waals surface area contributed by atoms with Gasteiger partial charge in [-0.3, -0.25) is 9.69 Å². The third-order valence-electron chi connectivity index (χ3n) is 4.62. The summed E-state index contributed by atoms with van der Waals surface area (Å²) in [6.45, 7) is 3.55. The molecule has 0 amide bonds. The Morgan fingerprint density at radius 1 is 1.25 bits per heavy atom. The van der Waals surface area contributed by atoms with Gasteiger partial charge in [-0.25, -0.2) is 0 Å². The Labute approximate surface area is 121 Å². The van der Waals surface area contributed by atoms with Crippen LogP contribution in [0.5, 0.6) is 0 Å². The molecule has 20 heavy (non-hydrogen) atoms. The van der Waals surface area contributed by atoms with Gasteiger partial charge in [-0.2, -0.15) is 0 Å². The second-order valence-electron chi connectivity index (χ2n) is 5.74. The van der Waals surface area contributed by atoms with E-state index in [4.69, 9.17) is 0 Å². The molecule has 1 aliphatic rings. The molecule has 4 nitrogen and oxygen atoms in total. The van der Waals surface area contributed by atoms with Gasteiger partial charge in [0.15, 0.2) is 0 Å². The van der Waals surface area contributed by atoms with E-state index in [1.165, 1.54) is 5.69 Å². The van der Waals surface area contributed by atoms with E-state index in [0.29, 0.717) is 0 Å². The number of Topliss-reactive ketones (excluding diaryl/α,β-unsaturated/α-hetero) is 1. The van der Waals surface area contributed by atoms with Crippen molar-refractivity contribution >= 4 is 17.2 Å². The van der Waals surface area contributed by atoms with Crippen molar-refractivity contribution in [3.8, 4) is 0 Å². The molecule has 1 saturated heterocycles. The maximum Gasteiger partial charge on any atom is 0.150 e. The molecule has 0 radical (unpaired) electrons. The summed E-state index contributed by atoms with van der Waals surface area (Å²) in [5.74, 6) is 0.282. The normalized spacial score (nSPS) is 18.1. The van der Waals surface area contributed by atoms with Crippen molar-refractivity contribution in [3.05, 3.63) is 24.3 Å². The van der Waals surface area contributed by atoms with Crippen molar-refractivity contribution in [2.75, 3.05) is 44.4 Å². The Kier molecular flexibility index (Phi) is 4.33. The van der Waals surface area contributed by atoms with Crippen LogP contribution in [0.25, 0.3) is 0 Å². The maximum atomic E-state index is 12.1. The molecule has 1 aromatic rings. The Bertz CT molecular complexity index is 476. The van der Waals surface area contributed by atoms with E-state index in [9.17, 15) is 4.79 Å². The molecule has 0 aromatic heterocycles. The first-order valence-corrected chi connectivity index (χ1v) is 7.21. The summed E-state index contributed by atoms with van der Waals surface area (Å²) in [5, 5.41) is 3.24. The van der Waals surface area contributed by atoms with Crippen molar-refractivity contribution < 1.29 is 4.79 Å². The molecule has 110 valence electrons. The Hall–Kier alpha value is -1.55. The average Bonchev–Trinajstić information content (AvgIpc) is 2.46. The number of anilines is 2. The second kappa shape index (κ2) is 5.83. The SMILES string of the molecule is CNc1ccccc1N1CCC(C(C)=O)(N(C)C)CC1. The van der Waals surface area contributed by atoms with Crippen LogP contribution in [0.4, 0.5) is 11.4 Å². The lowest BCUT2D eigenvalue weighted by Gasteiger charge is -2.45. The zero-order valence-electron chi connectivity index (χ0n) is 12.9. The van der Waals surface area contributed by atoms with Gasteiger partial charge in [0.25, 0.3) is 0 Å². The van der Waals surface area contributed by atoms with E-state index >= 15 is 0 Å². The number of ketones is 1. The molecular formula is C16H25N3O. The number of benzene rings is 1. The molecule has 1 fully saturated rings. The summed E-state index contributed by atoms with van der Waals surface area (Å²) in [6.07, 6.45) is 1.76. The van der Waals surface area contributed by atoms with E-state index in [-0.39, 0.29) is 11.3 Å². The highest BCUT2D eigenvalue weighted by Crippen LogP contribution is 2.33. The highest BCUT2D eigenvalue weighted by Gasteiger charge is 2.40. The maximum absolute atomic E-state index is 12.1. The van der Waals surface area contributed by atoms with Gasteiger partial charge in [0, 0.05) is 20.1 Å². The van der Waals surface area contributed by atoms with Crippen LogP contribution in [0, 0.1) is 0 Å². The number of para-hydroxylation sites is 2. The lowest BCUT2D eigenvalue weighted by molar-refractivity contribution is -0.128. The number of hydrogen-bond acceptors (Lipinski definition) is 4. The number of carbonyl (C=O) groups is 1. The highest BCUT2D eigenvalue weighted by molar-refractivity contribution is 5.86. The predicted octanol–water partition coefficient (Wildman–Crippen LogP) is 2.22. The van der Waals surface area contributed by atoms with Crippen molar-refractivity contribution in [2.45, 2.75) is 25.3 Å². The molecule has 1 N–H and O–H groups in total. The first-order valence-electron chi connectivity index (χ1n) is 7.21. The minimum Gasteiger partial charge on any atom is -0.386 e. The molecule has 1 aromatic carbocycles. The summed E-state index contributed by atoms with van der Waals surface area (Å²) < 4.78 is 0. The lowest BCUT2D eigenvalue weighted by atomic mass is 9.82. The molecule has 0 aliphatic carbocycles. The molecule has 4 heteroatoms. The number of piperidine rings is 1. The third kappa shape index (κ3) is 2.52. The smallest absolute Gasteiger partial charge is 0.150 e. The highest BCUT2D eigenvalue weighted by atomic mass is 16.1. The summed E-state index contributed by atoms with van der Waals surface area (Å²) >= 11 is 0. The van der Waals surface area contributed by atoms with Crippen LogP contribution in [0.1, 0.15) is 19.8 Å². The van der Waals surface area contributed by atoms with E-state index in [1.807, 2.05) is 27.2 Å². The second-order valence-corrected chi connectivity index (χ2v) is 5.74. The Morgan fingerprint density at radius 2 is 1.85 bits per heavy atom. The predicted molar refractivity (Wildman–Crippen MR) is 84.5 cm³/mol. The van der Waals surface area contributed by atoms with Crippen LogP contribution in [0.2, 0.25) is 0 Å². The minimum absolute atomic E-state index is 0.282. The van der Waals surface area contributed by atoms with Crippen molar-refractivity contribution in [1.82, 2.24) is 4.90 Å². The summed E-state index contributed by atoms with van der Waals surface area (Å²) in [7, 11) is 5.97. The number of hydrogen-bond donors (Lipinski definition) is 1. The number of nitrogens with zero attached hydrogens (tertiary/aromatic N) is 2. The van der Waals surface area contributed by atoms with Crippen LogP contribution in [-0.2, 0) is 4.79 Å². The summed E-state index contributed by atoms with van der Waals surface area (Å²) in [4.78, 5) is 16.5. The number of carbonyl (C=O) groups excluding carboxylic acids is 1. The number of rotatable bonds is 4. The van der Waals surface area contributed by atoms with Gasteiger partial charge in [-0.15, -0.1) is 0 Å². The fourth-order valence-corrected chi connectivity index (χ4v) is 3.19. The quantitative estimate of drug-likeness (QED) is 0.914. The van der Waals surface area contributed by atoms with Gasteiger partial charge in [-0.1, -0.05) is 12.1 Å². The van der Waals surface area contributed by atoms with Gasteiger partial charge < -0.3 is 10.2 Å². The van der Waals surface area contributed by atoms with Crippen molar-refractivity contribution in [1.29, 1.82) is 0 Å². The zero-order chi connectivity index (χ0) is 14.8. The van der Waals surface area contributed by atoms with Crippen LogP contribution < -0.4 is 10.2 Å². The average molecular weight is 275 g/mol. The molecule has 0 unspecified atom stereocenters. The van der Waals surface area contributed by atoms with Gasteiger partial charge in [-0.05, 0) is 46.0 Å².